The second kappa shape index (κ2) is 8.20. The zero-order valence-corrected chi connectivity index (χ0v) is 17.3. The van der Waals surface area contributed by atoms with E-state index in [-0.39, 0.29) is 17.7 Å². The van der Waals surface area contributed by atoms with Crippen molar-refractivity contribution >= 4 is 23.4 Å². The standard InChI is InChI=1S/C23H19FN2O3S/c1-3-29-22(28)19-14(2)25-23-26(20(19)16-9-11-17(24)12-10-16)21(27)18(30-23)13-15-7-5-4-6-8-15/h4-13,20H,3H2,1-2H3/b18-13+/t20-/m1/s1. The lowest BCUT2D eigenvalue weighted by Crippen LogP contribution is -2.39. The van der Waals surface area contributed by atoms with Crippen LogP contribution in [-0.2, 0) is 9.53 Å². The largest absolute Gasteiger partial charge is 0.463 e. The normalized spacial score (nSPS) is 16.2. The summed E-state index contributed by atoms with van der Waals surface area (Å²) in [7, 11) is 0. The molecule has 4 rings (SSSR count). The van der Waals surface area contributed by atoms with Crippen LogP contribution in [0.2, 0.25) is 0 Å². The molecule has 2 aromatic carbocycles. The number of fused-ring (bicyclic) bond motifs is 1. The Morgan fingerprint density at radius 1 is 1.20 bits per heavy atom. The molecule has 0 radical (unpaired) electrons. The van der Waals surface area contributed by atoms with E-state index in [4.69, 9.17) is 4.74 Å². The molecular weight excluding hydrogens is 403 g/mol. The van der Waals surface area contributed by atoms with E-state index in [9.17, 15) is 14.0 Å². The molecule has 0 fully saturated rings. The highest BCUT2D eigenvalue weighted by atomic mass is 32.1. The number of rotatable bonds is 4. The summed E-state index contributed by atoms with van der Waals surface area (Å²) in [5.74, 6) is -0.931. The van der Waals surface area contributed by atoms with Gasteiger partial charge in [0.05, 0.1) is 28.5 Å². The number of nitrogens with zero attached hydrogens (tertiary/aromatic N) is 2. The topological polar surface area (TPSA) is 60.7 Å². The van der Waals surface area contributed by atoms with Crippen LogP contribution >= 0.6 is 11.3 Å². The van der Waals surface area contributed by atoms with Gasteiger partial charge in [-0.25, -0.2) is 14.2 Å². The molecule has 1 aromatic heterocycles. The minimum atomic E-state index is -0.737. The molecule has 0 spiro atoms. The molecule has 0 saturated carbocycles. The van der Waals surface area contributed by atoms with Crippen molar-refractivity contribution in [2.45, 2.75) is 19.9 Å². The van der Waals surface area contributed by atoms with E-state index in [2.05, 4.69) is 4.99 Å². The van der Waals surface area contributed by atoms with E-state index in [1.807, 2.05) is 30.3 Å². The van der Waals surface area contributed by atoms with Gasteiger partial charge in [0.25, 0.3) is 5.56 Å². The summed E-state index contributed by atoms with van der Waals surface area (Å²) in [5, 5.41) is 0. The molecule has 3 aromatic rings. The molecule has 30 heavy (non-hydrogen) atoms. The maximum absolute atomic E-state index is 13.5. The summed E-state index contributed by atoms with van der Waals surface area (Å²) in [6.07, 6.45) is 1.80. The fraction of sp³-hybridized carbons (Fsp3) is 0.174. The highest BCUT2D eigenvalue weighted by Crippen LogP contribution is 2.30. The number of thiazole rings is 1. The van der Waals surface area contributed by atoms with Gasteiger partial charge in [-0.2, -0.15) is 0 Å². The molecule has 152 valence electrons. The highest BCUT2D eigenvalue weighted by Gasteiger charge is 2.33. The molecule has 5 nitrogen and oxygen atoms in total. The van der Waals surface area contributed by atoms with Gasteiger partial charge in [0.2, 0.25) is 0 Å². The lowest BCUT2D eigenvalue weighted by molar-refractivity contribution is -0.139. The predicted octanol–water partition coefficient (Wildman–Crippen LogP) is 2.94. The molecule has 0 amide bonds. The van der Waals surface area contributed by atoms with Crippen molar-refractivity contribution in [2.75, 3.05) is 6.61 Å². The fourth-order valence-corrected chi connectivity index (χ4v) is 4.50. The van der Waals surface area contributed by atoms with Gasteiger partial charge < -0.3 is 4.74 Å². The second-order valence-corrected chi connectivity index (χ2v) is 7.77. The lowest BCUT2D eigenvalue weighted by atomic mass is 9.96. The van der Waals surface area contributed by atoms with Crippen LogP contribution < -0.4 is 14.9 Å². The van der Waals surface area contributed by atoms with Crippen molar-refractivity contribution in [2.24, 2.45) is 4.99 Å². The molecule has 1 atom stereocenters. The summed E-state index contributed by atoms with van der Waals surface area (Å²) in [6, 6.07) is 14.6. The number of hydrogen-bond donors (Lipinski definition) is 0. The summed E-state index contributed by atoms with van der Waals surface area (Å²) in [5.41, 5.74) is 2.01. The number of hydrogen-bond acceptors (Lipinski definition) is 5. The summed E-state index contributed by atoms with van der Waals surface area (Å²) in [6.45, 7) is 3.64. The van der Waals surface area contributed by atoms with Gasteiger partial charge in [-0.1, -0.05) is 53.8 Å². The van der Waals surface area contributed by atoms with Gasteiger partial charge in [0.1, 0.15) is 5.82 Å². The number of allylic oxidation sites excluding steroid dienone is 1. The minimum Gasteiger partial charge on any atom is -0.463 e. The van der Waals surface area contributed by atoms with Gasteiger partial charge >= 0.3 is 5.97 Å². The first-order valence-electron chi connectivity index (χ1n) is 9.49. The summed E-state index contributed by atoms with van der Waals surface area (Å²) in [4.78, 5) is 31.1. The van der Waals surface area contributed by atoms with Crippen molar-refractivity contribution < 1.29 is 13.9 Å². The van der Waals surface area contributed by atoms with E-state index >= 15 is 0 Å². The monoisotopic (exact) mass is 422 g/mol. The second-order valence-electron chi connectivity index (χ2n) is 6.76. The fourth-order valence-electron chi connectivity index (χ4n) is 3.45. The third-order valence-corrected chi connectivity index (χ3v) is 5.78. The molecule has 0 bridgehead atoms. The average Bonchev–Trinajstić information content (AvgIpc) is 3.03. The lowest BCUT2D eigenvalue weighted by Gasteiger charge is -2.24. The highest BCUT2D eigenvalue weighted by molar-refractivity contribution is 7.07. The zero-order chi connectivity index (χ0) is 21.3. The van der Waals surface area contributed by atoms with E-state index < -0.39 is 17.8 Å². The van der Waals surface area contributed by atoms with Crippen LogP contribution in [-0.4, -0.2) is 17.1 Å². The molecule has 0 saturated heterocycles. The van der Waals surface area contributed by atoms with Crippen molar-refractivity contribution in [3.8, 4) is 0 Å². The zero-order valence-electron chi connectivity index (χ0n) is 16.5. The average molecular weight is 422 g/mol. The van der Waals surface area contributed by atoms with Crippen LogP contribution in [0.3, 0.4) is 0 Å². The molecule has 7 heteroatoms. The molecule has 1 aliphatic heterocycles. The van der Waals surface area contributed by atoms with Gasteiger partial charge in [0, 0.05) is 0 Å². The number of esters is 1. The molecular formula is C23H19FN2O3S. The number of carbonyl (C=O) groups excluding carboxylic acids is 1. The Morgan fingerprint density at radius 2 is 1.90 bits per heavy atom. The maximum atomic E-state index is 13.5. The molecule has 0 aliphatic carbocycles. The molecule has 2 heterocycles. The number of aromatic nitrogens is 1. The maximum Gasteiger partial charge on any atom is 0.338 e. The molecule has 0 N–H and O–H groups in total. The third kappa shape index (κ3) is 3.64. The third-order valence-electron chi connectivity index (χ3n) is 4.80. The first-order chi connectivity index (χ1) is 14.5. The van der Waals surface area contributed by atoms with Crippen molar-refractivity contribution in [1.29, 1.82) is 0 Å². The van der Waals surface area contributed by atoms with Crippen molar-refractivity contribution in [3.63, 3.8) is 0 Å². The van der Waals surface area contributed by atoms with Crippen LogP contribution in [0.4, 0.5) is 4.39 Å². The Labute approximate surface area is 176 Å². The molecule has 0 unspecified atom stereocenters. The van der Waals surface area contributed by atoms with Crippen LogP contribution in [0.25, 0.3) is 6.08 Å². The Kier molecular flexibility index (Phi) is 5.46. The number of carbonyl (C=O) groups is 1. The molecule has 1 aliphatic rings. The first kappa shape index (κ1) is 20.0. The van der Waals surface area contributed by atoms with E-state index in [0.29, 0.717) is 20.6 Å². The first-order valence-corrected chi connectivity index (χ1v) is 10.3. The van der Waals surface area contributed by atoms with Gasteiger partial charge in [0.15, 0.2) is 4.80 Å². The smallest absolute Gasteiger partial charge is 0.338 e. The number of ether oxygens (including phenoxy) is 1. The summed E-state index contributed by atoms with van der Waals surface area (Å²) >= 11 is 1.26. The quantitative estimate of drug-likeness (QED) is 0.608. The van der Waals surface area contributed by atoms with Crippen LogP contribution in [0.15, 0.2) is 75.7 Å². The number of benzene rings is 2. The van der Waals surface area contributed by atoms with Gasteiger partial charge in [-0.05, 0) is 43.2 Å². The van der Waals surface area contributed by atoms with E-state index in [0.717, 1.165) is 5.56 Å². The Hall–Kier alpha value is -3.32. The van der Waals surface area contributed by atoms with Gasteiger partial charge in [-0.15, -0.1) is 0 Å². The van der Waals surface area contributed by atoms with Gasteiger partial charge in [-0.3, -0.25) is 9.36 Å². The predicted molar refractivity (Wildman–Crippen MR) is 113 cm³/mol. The Morgan fingerprint density at radius 3 is 2.57 bits per heavy atom. The van der Waals surface area contributed by atoms with Crippen molar-refractivity contribution in [3.05, 3.63) is 102 Å². The minimum absolute atomic E-state index is 0.199. The van der Waals surface area contributed by atoms with Crippen LogP contribution in [0.5, 0.6) is 0 Å². The summed E-state index contributed by atoms with van der Waals surface area (Å²) < 4.78 is 20.8. The van der Waals surface area contributed by atoms with Crippen LogP contribution in [0, 0.1) is 5.82 Å². The van der Waals surface area contributed by atoms with E-state index in [1.54, 1.807) is 32.1 Å². The number of halogens is 1. The van der Waals surface area contributed by atoms with Crippen LogP contribution in [0.1, 0.15) is 31.0 Å². The SMILES string of the molecule is CCOC(=O)C1=C(C)N=c2s/c(=C/c3ccccc3)c(=O)n2[C@@H]1c1ccc(F)cc1. The van der Waals surface area contributed by atoms with E-state index in [1.165, 1.54) is 28.0 Å². The Balaban J connectivity index is 1.96. The Bertz CT molecular complexity index is 1310. The van der Waals surface area contributed by atoms with Crippen molar-refractivity contribution in [1.82, 2.24) is 4.57 Å².